The first-order valence-electron chi connectivity index (χ1n) is 7.42. The lowest BCUT2D eigenvalue weighted by molar-refractivity contribution is -0.911. The molecule has 1 heterocycles. The fraction of sp³-hybridized carbons (Fsp3) is 0.562. The lowest BCUT2D eigenvalue weighted by atomic mass is 9.92. The van der Waals surface area contributed by atoms with Crippen LogP contribution in [0.3, 0.4) is 0 Å². The van der Waals surface area contributed by atoms with Gasteiger partial charge in [0.25, 0.3) is 0 Å². The number of rotatable bonds is 4. The molecule has 1 fully saturated rings. The predicted octanol–water partition coefficient (Wildman–Crippen LogP) is 1.72. The number of hydrogen-bond acceptors (Lipinski definition) is 1. The summed E-state index contributed by atoms with van der Waals surface area (Å²) in [4.78, 5) is 13.4. The molecule has 2 rings (SSSR count). The summed E-state index contributed by atoms with van der Waals surface area (Å²) < 4.78 is 13.4. The molecule has 0 saturated carbocycles. The molecule has 0 bridgehead atoms. The van der Waals surface area contributed by atoms with E-state index in [1.54, 1.807) is 18.2 Å². The van der Waals surface area contributed by atoms with Gasteiger partial charge in [0, 0.05) is 11.8 Å². The van der Waals surface area contributed by atoms with Gasteiger partial charge in [-0.15, -0.1) is 0 Å². The number of halogens is 1. The minimum absolute atomic E-state index is 0.103. The van der Waals surface area contributed by atoms with Gasteiger partial charge in [0.1, 0.15) is 5.82 Å². The molecule has 2 unspecified atom stereocenters. The van der Waals surface area contributed by atoms with Gasteiger partial charge in [0.15, 0.2) is 0 Å². The van der Waals surface area contributed by atoms with Gasteiger partial charge in [0.2, 0.25) is 5.91 Å². The van der Waals surface area contributed by atoms with Crippen LogP contribution in [0, 0.1) is 17.7 Å². The van der Waals surface area contributed by atoms with Gasteiger partial charge in [-0.1, -0.05) is 26.0 Å². The van der Waals surface area contributed by atoms with Gasteiger partial charge in [-0.05, 0) is 18.6 Å². The molecule has 1 aromatic carbocycles. The van der Waals surface area contributed by atoms with E-state index in [-0.39, 0.29) is 17.4 Å². The van der Waals surface area contributed by atoms with Crippen LogP contribution in [0.25, 0.3) is 0 Å². The fourth-order valence-electron chi connectivity index (χ4n) is 3.19. The SMILES string of the molecule is CC1CC(C)C[NH+](CCC(=O)Nc2ccccc2F)C1. The Morgan fingerprint density at radius 1 is 1.30 bits per heavy atom. The Labute approximate surface area is 120 Å². The highest BCUT2D eigenvalue weighted by Gasteiger charge is 2.25. The third-order valence-electron chi connectivity index (χ3n) is 3.93. The lowest BCUT2D eigenvalue weighted by Gasteiger charge is -2.31. The quantitative estimate of drug-likeness (QED) is 0.864. The summed E-state index contributed by atoms with van der Waals surface area (Å²) in [5.74, 6) is 0.966. The van der Waals surface area contributed by atoms with Crippen LogP contribution in [0.2, 0.25) is 0 Å². The zero-order valence-electron chi connectivity index (χ0n) is 12.3. The summed E-state index contributed by atoms with van der Waals surface area (Å²) >= 11 is 0. The van der Waals surface area contributed by atoms with Crippen LogP contribution in [0.1, 0.15) is 26.7 Å². The van der Waals surface area contributed by atoms with Crippen molar-refractivity contribution in [2.45, 2.75) is 26.7 Å². The molecule has 0 spiro atoms. The molecule has 1 aliphatic heterocycles. The smallest absolute Gasteiger partial charge is 0.230 e. The highest BCUT2D eigenvalue weighted by Crippen LogP contribution is 2.13. The number of piperidine rings is 1. The molecule has 2 N–H and O–H groups in total. The lowest BCUT2D eigenvalue weighted by Crippen LogP contribution is -3.14. The van der Waals surface area contributed by atoms with Gasteiger partial charge >= 0.3 is 0 Å². The van der Waals surface area contributed by atoms with Crippen LogP contribution in [0.4, 0.5) is 10.1 Å². The summed E-state index contributed by atoms with van der Waals surface area (Å²) in [6.45, 7) is 7.65. The number of hydrogen-bond donors (Lipinski definition) is 2. The molecule has 1 amide bonds. The monoisotopic (exact) mass is 279 g/mol. The molecule has 2 atom stereocenters. The Hall–Kier alpha value is -1.42. The third-order valence-corrected chi connectivity index (χ3v) is 3.93. The van der Waals surface area contributed by atoms with Crippen LogP contribution in [0.5, 0.6) is 0 Å². The second-order valence-corrected chi connectivity index (χ2v) is 6.13. The van der Waals surface area contributed by atoms with Crippen molar-refractivity contribution >= 4 is 11.6 Å². The topological polar surface area (TPSA) is 33.5 Å². The molecule has 0 radical (unpaired) electrons. The van der Waals surface area contributed by atoms with Crippen molar-refractivity contribution in [2.24, 2.45) is 11.8 Å². The van der Waals surface area contributed by atoms with Crippen molar-refractivity contribution in [3.8, 4) is 0 Å². The molecule has 3 nitrogen and oxygen atoms in total. The molecule has 0 aromatic heterocycles. The van der Waals surface area contributed by atoms with Crippen molar-refractivity contribution in [2.75, 3.05) is 25.0 Å². The molecule has 1 aliphatic rings. The number of quaternary nitrogens is 1. The van der Waals surface area contributed by atoms with E-state index in [1.165, 1.54) is 17.4 Å². The average Bonchev–Trinajstić information content (AvgIpc) is 2.38. The van der Waals surface area contributed by atoms with Crippen molar-refractivity contribution in [3.63, 3.8) is 0 Å². The Morgan fingerprint density at radius 3 is 2.60 bits per heavy atom. The Balaban J connectivity index is 1.79. The molecular weight excluding hydrogens is 255 g/mol. The van der Waals surface area contributed by atoms with E-state index >= 15 is 0 Å². The van der Waals surface area contributed by atoms with Crippen molar-refractivity contribution in [3.05, 3.63) is 30.1 Å². The standard InChI is InChI=1S/C16H23FN2O/c1-12-9-13(2)11-19(10-12)8-7-16(20)18-15-6-4-3-5-14(15)17/h3-6,12-13H,7-11H2,1-2H3,(H,18,20)/p+1. The summed E-state index contributed by atoms with van der Waals surface area (Å²) in [7, 11) is 0. The van der Waals surface area contributed by atoms with E-state index < -0.39 is 0 Å². The number of nitrogens with one attached hydrogen (secondary N) is 2. The maximum absolute atomic E-state index is 13.4. The van der Waals surface area contributed by atoms with E-state index in [0.717, 1.165) is 31.5 Å². The molecule has 0 aliphatic carbocycles. The number of anilines is 1. The van der Waals surface area contributed by atoms with E-state index in [1.807, 2.05) is 0 Å². The third kappa shape index (κ3) is 4.30. The van der Waals surface area contributed by atoms with Crippen LogP contribution in [0.15, 0.2) is 24.3 Å². The maximum Gasteiger partial charge on any atom is 0.230 e. The molecule has 1 saturated heterocycles. The van der Waals surface area contributed by atoms with Crippen LogP contribution < -0.4 is 10.2 Å². The highest BCUT2D eigenvalue weighted by molar-refractivity contribution is 5.90. The van der Waals surface area contributed by atoms with E-state index in [4.69, 9.17) is 0 Å². The van der Waals surface area contributed by atoms with Gasteiger partial charge < -0.3 is 10.2 Å². The number of carbonyl (C=O) groups is 1. The van der Waals surface area contributed by atoms with Crippen LogP contribution >= 0.6 is 0 Å². The van der Waals surface area contributed by atoms with Gasteiger partial charge in [-0.25, -0.2) is 4.39 Å². The minimum Gasteiger partial charge on any atom is -0.334 e. The normalized spacial score (nSPS) is 26.2. The fourth-order valence-corrected chi connectivity index (χ4v) is 3.19. The molecule has 110 valence electrons. The summed E-state index contributed by atoms with van der Waals surface area (Å²) in [6.07, 6.45) is 1.73. The van der Waals surface area contributed by atoms with E-state index in [2.05, 4.69) is 19.2 Å². The number of benzene rings is 1. The largest absolute Gasteiger partial charge is 0.334 e. The van der Waals surface area contributed by atoms with Gasteiger partial charge in [-0.2, -0.15) is 0 Å². The Morgan fingerprint density at radius 2 is 1.95 bits per heavy atom. The molecule has 1 aromatic rings. The first-order valence-corrected chi connectivity index (χ1v) is 7.42. The summed E-state index contributed by atoms with van der Waals surface area (Å²) in [5.41, 5.74) is 0.271. The second kappa shape index (κ2) is 6.84. The highest BCUT2D eigenvalue weighted by atomic mass is 19.1. The second-order valence-electron chi connectivity index (χ2n) is 6.13. The number of carbonyl (C=O) groups excluding carboxylic acids is 1. The Kier molecular flexibility index (Phi) is 5.12. The number of para-hydroxylation sites is 1. The number of amides is 1. The summed E-state index contributed by atoms with van der Waals surface area (Å²) in [6, 6.07) is 6.28. The number of likely N-dealkylation sites (tertiary alicyclic amines) is 1. The minimum atomic E-state index is -0.381. The predicted molar refractivity (Wildman–Crippen MR) is 78.2 cm³/mol. The van der Waals surface area contributed by atoms with Crippen molar-refractivity contribution in [1.82, 2.24) is 0 Å². The zero-order valence-corrected chi connectivity index (χ0v) is 12.3. The first kappa shape index (κ1) is 15.0. The van der Waals surface area contributed by atoms with Crippen LogP contribution in [-0.4, -0.2) is 25.5 Å². The Bertz CT molecular complexity index is 454. The van der Waals surface area contributed by atoms with Crippen molar-refractivity contribution in [1.29, 1.82) is 0 Å². The average molecular weight is 279 g/mol. The molecule has 4 heteroatoms. The molecular formula is C16H24FN2O+. The van der Waals surface area contributed by atoms with E-state index in [9.17, 15) is 9.18 Å². The first-order chi connectivity index (χ1) is 9.54. The van der Waals surface area contributed by atoms with E-state index in [0.29, 0.717) is 6.42 Å². The maximum atomic E-state index is 13.4. The van der Waals surface area contributed by atoms with Gasteiger partial charge in [-0.3, -0.25) is 4.79 Å². The van der Waals surface area contributed by atoms with Crippen molar-refractivity contribution < 1.29 is 14.1 Å². The van der Waals surface area contributed by atoms with Crippen LogP contribution in [-0.2, 0) is 4.79 Å². The zero-order chi connectivity index (χ0) is 14.5. The molecule has 20 heavy (non-hydrogen) atoms. The summed E-state index contributed by atoms with van der Waals surface area (Å²) in [5, 5.41) is 2.64. The van der Waals surface area contributed by atoms with Gasteiger partial charge in [0.05, 0.1) is 31.7 Å².